The standard InChI is InChI=1S/C26H23N3O6/c1-33-18-8-4-17(5-9-18)29-15-22(26(31)32)24(30)21-11-10-20(14-23(21)29)35-13-12-34-19-6-2-16(3-7-19)25(27)28/h2-11,14-15H,12-13H2,1H3,(H3,27,28)(H,31,32). The van der Waals surface area contributed by atoms with Crippen LogP contribution in [0.4, 0.5) is 0 Å². The van der Waals surface area contributed by atoms with Gasteiger partial charge in [-0.05, 0) is 60.7 Å². The van der Waals surface area contributed by atoms with Crippen molar-refractivity contribution in [3.05, 3.63) is 94.3 Å². The molecule has 0 bridgehead atoms. The molecule has 0 atom stereocenters. The lowest BCUT2D eigenvalue weighted by atomic mass is 10.1. The lowest BCUT2D eigenvalue weighted by Gasteiger charge is -2.15. The highest BCUT2D eigenvalue weighted by atomic mass is 16.5. The van der Waals surface area contributed by atoms with Crippen LogP contribution < -0.4 is 25.4 Å². The van der Waals surface area contributed by atoms with Gasteiger partial charge in [-0.3, -0.25) is 10.2 Å². The minimum absolute atomic E-state index is 0.0141. The number of pyridine rings is 1. The third-order valence-corrected chi connectivity index (χ3v) is 5.34. The van der Waals surface area contributed by atoms with Crippen LogP contribution in [0.1, 0.15) is 15.9 Å². The van der Waals surface area contributed by atoms with Gasteiger partial charge in [0.25, 0.3) is 0 Å². The van der Waals surface area contributed by atoms with Crippen LogP contribution in [-0.2, 0) is 0 Å². The maximum atomic E-state index is 12.8. The first-order chi connectivity index (χ1) is 16.9. The van der Waals surface area contributed by atoms with Crippen molar-refractivity contribution in [2.75, 3.05) is 20.3 Å². The predicted octanol–water partition coefficient (Wildman–Crippen LogP) is 3.44. The summed E-state index contributed by atoms with van der Waals surface area (Å²) in [5, 5.41) is 17.2. The molecule has 9 heteroatoms. The summed E-state index contributed by atoms with van der Waals surface area (Å²) in [6, 6.07) is 18.8. The molecule has 0 saturated carbocycles. The van der Waals surface area contributed by atoms with Crippen LogP contribution in [0.15, 0.2) is 77.7 Å². The summed E-state index contributed by atoms with van der Waals surface area (Å²) < 4.78 is 18.3. The molecule has 0 aliphatic rings. The van der Waals surface area contributed by atoms with E-state index in [1.54, 1.807) is 78.4 Å². The molecule has 3 aromatic carbocycles. The van der Waals surface area contributed by atoms with Gasteiger partial charge in [-0.2, -0.15) is 0 Å². The number of amidine groups is 1. The number of nitrogens with two attached hydrogens (primary N) is 1. The molecule has 4 aromatic rings. The molecule has 4 rings (SSSR count). The van der Waals surface area contributed by atoms with Crippen LogP contribution in [0, 0.1) is 5.41 Å². The molecule has 0 radical (unpaired) electrons. The number of hydrogen-bond donors (Lipinski definition) is 3. The van der Waals surface area contributed by atoms with Crippen LogP contribution in [0.3, 0.4) is 0 Å². The van der Waals surface area contributed by atoms with Crippen molar-refractivity contribution < 1.29 is 24.1 Å². The number of fused-ring (bicyclic) bond motifs is 1. The normalized spacial score (nSPS) is 10.7. The van der Waals surface area contributed by atoms with Gasteiger partial charge in [0.05, 0.1) is 12.6 Å². The van der Waals surface area contributed by atoms with Gasteiger partial charge in [-0.1, -0.05) is 0 Å². The Morgan fingerprint density at radius 2 is 1.54 bits per heavy atom. The number of carboxylic acids is 1. The van der Waals surface area contributed by atoms with E-state index >= 15 is 0 Å². The van der Waals surface area contributed by atoms with Crippen molar-refractivity contribution in [1.82, 2.24) is 4.57 Å². The maximum Gasteiger partial charge on any atom is 0.341 e. The molecule has 0 spiro atoms. The van der Waals surface area contributed by atoms with E-state index in [4.69, 9.17) is 25.4 Å². The summed E-state index contributed by atoms with van der Waals surface area (Å²) in [4.78, 5) is 24.4. The van der Waals surface area contributed by atoms with Crippen LogP contribution in [0.25, 0.3) is 16.6 Å². The highest BCUT2D eigenvalue weighted by Gasteiger charge is 2.16. The molecule has 0 aliphatic carbocycles. The summed E-state index contributed by atoms with van der Waals surface area (Å²) in [7, 11) is 1.56. The van der Waals surface area contributed by atoms with Crippen molar-refractivity contribution >= 4 is 22.7 Å². The molecule has 4 N–H and O–H groups in total. The SMILES string of the molecule is COc1ccc(-n2cc(C(=O)O)c(=O)c3ccc(OCCOc4ccc(C(=N)N)cc4)cc32)cc1. The number of nitrogens with zero attached hydrogens (tertiary/aromatic N) is 1. The zero-order valence-electron chi connectivity index (χ0n) is 18.9. The summed E-state index contributed by atoms with van der Waals surface area (Å²) in [6.07, 6.45) is 1.31. The van der Waals surface area contributed by atoms with Crippen molar-refractivity contribution in [1.29, 1.82) is 5.41 Å². The Morgan fingerprint density at radius 1 is 0.943 bits per heavy atom. The number of methoxy groups -OCH3 is 1. The number of nitrogen functional groups attached to an aromatic ring is 1. The number of carbonyl (C=O) groups is 1. The second-order valence-electron chi connectivity index (χ2n) is 7.56. The van der Waals surface area contributed by atoms with Crippen LogP contribution >= 0.6 is 0 Å². The molecule has 0 unspecified atom stereocenters. The fraction of sp³-hybridized carbons (Fsp3) is 0.115. The van der Waals surface area contributed by atoms with Gasteiger partial charge in [-0.25, -0.2) is 4.79 Å². The highest BCUT2D eigenvalue weighted by molar-refractivity contribution is 5.95. The molecule has 9 nitrogen and oxygen atoms in total. The van der Waals surface area contributed by atoms with Gasteiger partial charge < -0.3 is 29.6 Å². The number of hydrogen-bond acceptors (Lipinski definition) is 6. The predicted molar refractivity (Wildman–Crippen MR) is 132 cm³/mol. The Hall–Kier alpha value is -4.79. The fourth-order valence-corrected chi connectivity index (χ4v) is 3.55. The van der Waals surface area contributed by atoms with Crippen LogP contribution in [-0.4, -0.2) is 41.8 Å². The Labute approximate surface area is 200 Å². The van der Waals surface area contributed by atoms with E-state index in [-0.39, 0.29) is 30.0 Å². The van der Waals surface area contributed by atoms with E-state index in [0.717, 1.165) is 0 Å². The van der Waals surface area contributed by atoms with E-state index in [9.17, 15) is 14.7 Å². The van der Waals surface area contributed by atoms with Crippen molar-refractivity contribution in [3.63, 3.8) is 0 Å². The van der Waals surface area contributed by atoms with E-state index < -0.39 is 11.4 Å². The van der Waals surface area contributed by atoms with Gasteiger partial charge >= 0.3 is 5.97 Å². The number of aromatic carboxylic acids is 1. The molecule has 178 valence electrons. The monoisotopic (exact) mass is 473 g/mol. The average molecular weight is 473 g/mol. The number of aromatic nitrogens is 1. The fourth-order valence-electron chi connectivity index (χ4n) is 3.55. The third kappa shape index (κ3) is 5.09. The zero-order valence-corrected chi connectivity index (χ0v) is 18.9. The van der Waals surface area contributed by atoms with Gasteiger partial charge in [0.15, 0.2) is 0 Å². The van der Waals surface area contributed by atoms with Crippen molar-refractivity contribution in [3.8, 4) is 22.9 Å². The molecule has 0 aliphatic heterocycles. The lowest BCUT2D eigenvalue weighted by Crippen LogP contribution is -2.18. The average Bonchev–Trinajstić information content (AvgIpc) is 2.87. The number of nitrogens with one attached hydrogen (secondary N) is 1. The second kappa shape index (κ2) is 10.0. The molecule has 35 heavy (non-hydrogen) atoms. The summed E-state index contributed by atoms with van der Waals surface area (Å²) >= 11 is 0. The molecule has 1 aromatic heterocycles. The van der Waals surface area contributed by atoms with E-state index in [1.807, 2.05) is 0 Å². The smallest absolute Gasteiger partial charge is 0.341 e. The second-order valence-corrected chi connectivity index (χ2v) is 7.56. The first kappa shape index (κ1) is 23.4. The van der Waals surface area contributed by atoms with Gasteiger partial charge in [0.1, 0.15) is 41.9 Å². The molecule has 0 saturated heterocycles. The van der Waals surface area contributed by atoms with Gasteiger partial charge in [0.2, 0.25) is 5.43 Å². The number of carboxylic acid groups (broad SMARTS) is 1. The Kier molecular flexibility index (Phi) is 6.68. The van der Waals surface area contributed by atoms with E-state index in [1.165, 1.54) is 6.20 Å². The van der Waals surface area contributed by atoms with Crippen molar-refractivity contribution in [2.24, 2.45) is 5.73 Å². The number of ether oxygens (including phenoxy) is 3. The molecule has 0 amide bonds. The molecular formula is C26H23N3O6. The maximum absolute atomic E-state index is 12.8. The number of benzene rings is 3. The van der Waals surface area contributed by atoms with Crippen molar-refractivity contribution in [2.45, 2.75) is 0 Å². The summed E-state index contributed by atoms with van der Waals surface area (Å²) in [5.41, 5.74) is 6.33. The van der Waals surface area contributed by atoms with Crippen LogP contribution in [0.2, 0.25) is 0 Å². The summed E-state index contributed by atoms with van der Waals surface area (Å²) in [6.45, 7) is 0.501. The quantitative estimate of drug-likeness (QED) is 0.192. The number of rotatable bonds is 9. The molecule has 1 heterocycles. The Morgan fingerprint density at radius 3 is 2.14 bits per heavy atom. The van der Waals surface area contributed by atoms with Gasteiger partial charge in [0, 0.05) is 28.9 Å². The Bertz CT molecular complexity index is 1440. The topological polar surface area (TPSA) is 137 Å². The largest absolute Gasteiger partial charge is 0.497 e. The van der Waals surface area contributed by atoms with E-state index in [2.05, 4.69) is 0 Å². The van der Waals surface area contributed by atoms with Gasteiger partial charge in [-0.15, -0.1) is 0 Å². The first-order valence-electron chi connectivity index (χ1n) is 10.6. The molecule has 0 fully saturated rings. The third-order valence-electron chi connectivity index (χ3n) is 5.34. The minimum Gasteiger partial charge on any atom is -0.497 e. The first-order valence-corrected chi connectivity index (χ1v) is 10.6. The van der Waals surface area contributed by atoms with E-state index in [0.29, 0.717) is 34.0 Å². The minimum atomic E-state index is -1.30. The van der Waals surface area contributed by atoms with Crippen LogP contribution in [0.5, 0.6) is 17.2 Å². The highest BCUT2D eigenvalue weighted by Crippen LogP contribution is 2.24. The zero-order chi connectivity index (χ0) is 24.9. The summed E-state index contributed by atoms with van der Waals surface area (Å²) in [5.74, 6) is 0.453. The molecular weight excluding hydrogens is 450 g/mol. The Balaban J connectivity index is 1.57. The lowest BCUT2D eigenvalue weighted by molar-refractivity contribution is 0.0695.